The average molecular weight is 451 g/mol. The maximum Gasteiger partial charge on any atom is 0.225 e. The molecule has 0 bridgehead atoms. The first-order valence-corrected chi connectivity index (χ1v) is 11.1. The van der Waals surface area contributed by atoms with Crippen LogP contribution in [-0.4, -0.2) is 25.2 Å². The number of nitrogens with one attached hydrogen (secondary N) is 1. The molecule has 1 aromatic heterocycles. The monoisotopic (exact) mass is 450 g/mol. The Morgan fingerprint density at radius 1 is 1.17 bits per heavy atom. The smallest absolute Gasteiger partial charge is 0.225 e. The number of hydrogen-bond donors (Lipinski definition) is 1. The highest BCUT2D eigenvalue weighted by Crippen LogP contribution is 2.29. The first-order valence-electron chi connectivity index (χ1n) is 9.10. The number of halogens is 2. The molecular weight excluding hydrogens is 431 g/mol. The fraction of sp³-hybridized carbons (Fsp3) is 0.238. The number of nitrogens with zero attached hydrogens (tertiary/aromatic N) is 1. The van der Waals surface area contributed by atoms with Crippen LogP contribution in [0.5, 0.6) is 0 Å². The molecule has 1 amide bonds. The fourth-order valence-electron chi connectivity index (χ4n) is 2.90. The van der Waals surface area contributed by atoms with Crippen molar-refractivity contribution >= 4 is 33.0 Å². The van der Waals surface area contributed by atoms with Crippen LogP contribution in [-0.2, 0) is 14.6 Å². The number of carbonyl (C=O) groups excluding carboxylic acids is 1. The normalized spacial score (nSPS) is 11.5. The molecule has 0 radical (unpaired) electrons. The van der Waals surface area contributed by atoms with Gasteiger partial charge in [-0.1, -0.05) is 28.9 Å². The summed E-state index contributed by atoms with van der Waals surface area (Å²) in [5, 5.41) is 6.29. The minimum atomic E-state index is -3.74. The van der Waals surface area contributed by atoms with Gasteiger partial charge < -0.3 is 9.84 Å². The predicted molar refractivity (Wildman–Crippen MR) is 113 cm³/mol. The summed E-state index contributed by atoms with van der Waals surface area (Å²) in [5.74, 6) is -0.997. The lowest BCUT2D eigenvalue weighted by atomic mass is 10.1. The number of aryl methyl sites for hydroxylation is 2. The van der Waals surface area contributed by atoms with Crippen LogP contribution in [0.2, 0.25) is 5.02 Å². The van der Waals surface area contributed by atoms with Crippen molar-refractivity contribution in [3.8, 4) is 11.3 Å². The first-order chi connectivity index (χ1) is 14.1. The second-order valence-electron chi connectivity index (χ2n) is 6.95. The van der Waals surface area contributed by atoms with E-state index in [0.717, 1.165) is 17.3 Å². The first kappa shape index (κ1) is 22.0. The van der Waals surface area contributed by atoms with Crippen LogP contribution < -0.4 is 5.32 Å². The number of aromatic nitrogens is 1. The van der Waals surface area contributed by atoms with Crippen LogP contribution in [0.15, 0.2) is 45.8 Å². The molecule has 0 spiro atoms. The number of rotatable bonds is 6. The molecule has 0 saturated carbocycles. The van der Waals surface area contributed by atoms with Gasteiger partial charge in [-0.15, -0.1) is 0 Å². The van der Waals surface area contributed by atoms with Crippen LogP contribution in [0, 0.1) is 26.6 Å². The van der Waals surface area contributed by atoms with Crippen molar-refractivity contribution in [1.29, 1.82) is 0 Å². The molecule has 0 unspecified atom stereocenters. The lowest BCUT2D eigenvalue weighted by molar-refractivity contribution is -0.115. The van der Waals surface area contributed by atoms with Crippen LogP contribution in [0.4, 0.5) is 10.1 Å². The highest BCUT2D eigenvalue weighted by Gasteiger charge is 2.21. The lowest BCUT2D eigenvalue weighted by Crippen LogP contribution is -2.18. The molecule has 3 rings (SSSR count). The van der Waals surface area contributed by atoms with Gasteiger partial charge in [0.1, 0.15) is 5.82 Å². The Kier molecular flexibility index (Phi) is 6.28. The van der Waals surface area contributed by atoms with E-state index in [1.807, 2.05) is 6.92 Å². The van der Waals surface area contributed by atoms with Crippen LogP contribution in [0.1, 0.15) is 23.2 Å². The van der Waals surface area contributed by atoms with Gasteiger partial charge in [0.15, 0.2) is 15.6 Å². The maximum absolute atomic E-state index is 13.2. The molecule has 158 valence electrons. The number of hydrogen-bond acceptors (Lipinski definition) is 5. The summed E-state index contributed by atoms with van der Waals surface area (Å²) in [6.45, 7) is 5.35. The summed E-state index contributed by atoms with van der Waals surface area (Å²) in [6, 6.07) is 8.74. The minimum Gasteiger partial charge on any atom is -0.356 e. The van der Waals surface area contributed by atoms with Gasteiger partial charge in [-0.3, -0.25) is 4.79 Å². The van der Waals surface area contributed by atoms with Crippen molar-refractivity contribution in [2.45, 2.75) is 32.1 Å². The van der Waals surface area contributed by atoms with Gasteiger partial charge in [0.25, 0.3) is 0 Å². The molecule has 0 aliphatic heterocycles. The molecule has 1 heterocycles. The van der Waals surface area contributed by atoms with E-state index in [4.69, 9.17) is 16.1 Å². The summed E-state index contributed by atoms with van der Waals surface area (Å²) < 4.78 is 44.3. The molecule has 0 atom stereocenters. The average Bonchev–Trinajstić information content (AvgIpc) is 3.02. The van der Waals surface area contributed by atoms with Crippen molar-refractivity contribution in [3.05, 3.63) is 64.1 Å². The van der Waals surface area contributed by atoms with Crippen molar-refractivity contribution in [2.75, 3.05) is 11.1 Å². The van der Waals surface area contributed by atoms with E-state index in [1.165, 1.54) is 18.2 Å². The number of benzene rings is 2. The Bertz CT molecular complexity index is 1220. The molecule has 30 heavy (non-hydrogen) atoms. The quantitative estimate of drug-likeness (QED) is 0.579. The second kappa shape index (κ2) is 8.57. The third-order valence-corrected chi connectivity index (χ3v) is 6.88. The summed E-state index contributed by atoms with van der Waals surface area (Å²) >= 11 is 5.69. The van der Waals surface area contributed by atoms with Crippen LogP contribution >= 0.6 is 11.6 Å². The molecule has 0 aliphatic rings. The third kappa shape index (κ3) is 4.71. The Hall–Kier alpha value is -2.71. The van der Waals surface area contributed by atoms with E-state index in [0.29, 0.717) is 16.9 Å². The zero-order valence-corrected chi connectivity index (χ0v) is 18.2. The molecule has 6 nitrogen and oxygen atoms in total. The molecular formula is C21H20ClFN2O4S. The SMILES string of the molecule is Cc1ccc(-c2onc(C)c2C)cc1S(=O)(=O)CCC(=O)Nc1ccc(F)c(Cl)c1. The van der Waals surface area contributed by atoms with E-state index in [9.17, 15) is 17.6 Å². The summed E-state index contributed by atoms with van der Waals surface area (Å²) in [5.41, 5.74) is 3.02. The van der Waals surface area contributed by atoms with Gasteiger partial charge >= 0.3 is 0 Å². The standard InChI is InChI=1S/C21H20ClFN2O4S/c1-12-4-5-15(21-13(2)14(3)25-29-21)10-19(12)30(27,28)9-8-20(26)24-16-6-7-18(23)17(22)11-16/h4-7,10-11H,8-9H2,1-3H3,(H,24,26). The van der Waals surface area contributed by atoms with E-state index < -0.39 is 21.6 Å². The Morgan fingerprint density at radius 2 is 1.90 bits per heavy atom. The predicted octanol–water partition coefficient (Wildman–Crippen LogP) is 4.86. The molecule has 1 N–H and O–H groups in total. The van der Waals surface area contributed by atoms with Gasteiger partial charge in [0, 0.05) is 23.2 Å². The topological polar surface area (TPSA) is 89.3 Å². The summed E-state index contributed by atoms with van der Waals surface area (Å²) in [4.78, 5) is 12.3. The number of carbonyl (C=O) groups is 1. The second-order valence-corrected chi connectivity index (χ2v) is 9.43. The molecule has 0 fully saturated rings. The highest BCUT2D eigenvalue weighted by atomic mass is 35.5. The van der Waals surface area contributed by atoms with Crippen LogP contribution in [0.3, 0.4) is 0 Å². The van der Waals surface area contributed by atoms with Gasteiger partial charge in [-0.2, -0.15) is 0 Å². The minimum absolute atomic E-state index is 0.131. The molecule has 0 aliphatic carbocycles. The number of anilines is 1. The van der Waals surface area contributed by atoms with E-state index >= 15 is 0 Å². The highest BCUT2D eigenvalue weighted by molar-refractivity contribution is 7.91. The van der Waals surface area contributed by atoms with Gasteiger partial charge in [0.2, 0.25) is 5.91 Å². The molecule has 3 aromatic rings. The number of amides is 1. The maximum atomic E-state index is 13.2. The zero-order chi connectivity index (χ0) is 22.1. The Labute approximate surface area is 179 Å². The van der Waals surface area contributed by atoms with Gasteiger partial charge in [-0.05, 0) is 50.6 Å². The van der Waals surface area contributed by atoms with Crippen LogP contribution in [0.25, 0.3) is 11.3 Å². The fourth-order valence-corrected chi connectivity index (χ4v) is 4.62. The van der Waals surface area contributed by atoms with Gasteiger partial charge in [0.05, 0.1) is 21.4 Å². The third-order valence-electron chi connectivity index (χ3n) is 4.74. The molecule has 2 aromatic carbocycles. The zero-order valence-electron chi connectivity index (χ0n) is 16.6. The van der Waals surface area contributed by atoms with E-state index in [-0.39, 0.29) is 27.8 Å². The van der Waals surface area contributed by atoms with E-state index in [2.05, 4.69) is 10.5 Å². The Morgan fingerprint density at radius 3 is 2.53 bits per heavy atom. The van der Waals surface area contributed by atoms with E-state index in [1.54, 1.807) is 26.0 Å². The van der Waals surface area contributed by atoms with Crippen molar-refractivity contribution in [3.63, 3.8) is 0 Å². The number of sulfone groups is 1. The molecule has 0 saturated heterocycles. The summed E-state index contributed by atoms with van der Waals surface area (Å²) in [7, 11) is -3.74. The van der Waals surface area contributed by atoms with Gasteiger partial charge in [-0.25, -0.2) is 12.8 Å². The lowest BCUT2D eigenvalue weighted by Gasteiger charge is -2.10. The Balaban J connectivity index is 1.76. The van der Waals surface area contributed by atoms with Crippen molar-refractivity contribution < 1.29 is 22.1 Å². The summed E-state index contributed by atoms with van der Waals surface area (Å²) in [6.07, 6.45) is -0.262. The molecule has 9 heteroatoms. The largest absolute Gasteiger partial charge is 0.356 e. The van der Waals surface area contributed by atoms with Crippen molar-refractivity contribution in [1.82, 2.24) is 5.16 Å². The van der Waals surface area contributed by atoms with Crippen molar-refractivity contribution in [2.24, 2.45) is 0 Å².